The summed E-state index contributed by atoms with van der Waals surface area (Å²) < 4.78 is 6.33. The molecule has 2 heterocycles. The predicted octanol–water partition coefficient (Wildman–Crippen LogP) is 13.0. The third kappa shape index (κ3) is 4.81. The Morgan fingerprint density at radius 3 is 1.87 bits per heavy atom. The first-order chi connectivity index (χ1) is 25.5. The summed E-state index contributed by atoms with van der Waals surface area (Å²) in [5.41, 5.74) is 16.2. The van der Waals surface area contributed by atoms with Crippen LogP contribution in [-0.4, -0.2) is 9.97 Å². The van der Waals surface area contributed by atoms with E-state index in [1.165, 1.54) is 22.3 Å². The van der Waals surface area contributed by atoms with E-state index in [1.807, 2.05) is 18.2 Å². The fourth-order valence-electron chi connectivity index (χ4n) is 8.25. The number of aromatic nitrogens is 2. The zero-order chi connectivity index (χ0) is 34.8. The van der Waals surface area contributed by atoms with Gasteiger partial charge in [-0.05, 0) is 80.9 Å². The van der Waals surface area contributed by atoms with Gasteiger partial charge in [0.15, 0.2) is 5.82 Å². The molecule has 0 saturated carbocycles. The first-order valence-corrected chi connectivity index (χ1v) is 17.8. The van der Waals surface area contributed by atoms with Gasteiger partial charge < -0.3 is 4.42 Å². The molecule has 0 atom stereocenters. The van der Waals surface area contributed by atoms with Crippen molar-refractivity contribution < 1.29 is 4.42 Å². The molecule has 0 fully saturated rings. The molecule has 3 nitrogen and oxygen atoms in total. The minimum absolute atomic E-state index is 0.188. The van der Waals surface area contributed by atoms with Crippen LogP contribution in [0, 0.1) is 0 Å². The summed E-state index contributed by atoms with van der Waals surface area (Å²) in [6, 6.07) is 60.0. The smallest absolute Gasteiger partial charge is 0.160 e. The van der Waals surface area contributed by atoms with Crippen molar-refractivity contribution in [2.75, 3.05) is 0 Å². The van der Waals surface area contributed by atoms with Crippen LogP contribution in [0.2, 0.25) is 0 Å². The van der Waals surface area contributed by atoms with Gasteiger partial charge in [0.05, 0.1) is 11.4 Å². The lowest BCUT2D eigenvalue weighted by atomic mass is 9.79. The maximum absolute atomic E-state index is 6.33. The Bertz CT molecular complexity index is 2810. The topological polar surface area (TPSA) is 38.9 Å². The molecule has 0 amide bonds. The highest BCUT2D eigenvalue weighted by Crippen LogP contribution is 2.52. The number of rotatable bonds is 5. The maximum Gasteiger partial charge on any atom is 0.160 e. The number of fused-ring (bicyclic) bond motifs is 6. The lowest BCUT2D eigenvalue weighted by Crippen LogP contribution is -2.16. The first-order valence-electron chi connectivity index (χ1n) is 17.8. The zero-order valence-electron chi connectivity index (χ0n) is 29.0. The lowest BCUT2D eigenvalue weighted by Gasteiger charge is -2.24. The van der Waals surface area contributed by atoms with E-state index < -0.39 is 0 Å². The molecule has 0 bridgehead atoms. The molecule has 246 valence electrons. The molecule has 9 aromatic rings. The third-order valence-electron chi connectivity index (χ3n) is 10.7. The Hall–Kier alpha value is -6.58. The Morgan fingerprint density at radius 2 is 1.02 bits per heavy atom. The van der Waals surface area contributed by atoms with E-state index in [-0.39, 0.29) is 5.41 Å². The monoisotopic (exact) mass is 666 g/mol. The van der Waals surface area contributed by atoms with Gasteiger partial charge in [0.25, 0.3) is 0 Å². The second-order valence-electron chi connectivity index (χ2n) is 14.2. The number of benzene rings is 7. The van der Waals surface area contributed by atoms with Gasteiger partial charge in [0, 0.05) is 32.9 Å². The van der Waals surface area contributed by atoms with Gasteiger partial charge in [-0.1, -0.05) is 147 Å². The van der Waals surface area contributed by atoms with Crippen molar-refractivity contribution in [3.05, 3.63) is 181 Å². The lowest BCUT2D eigenvalue weighted by molar-refractivity contribution is 0.662. The van der Waals surface area contributed by atoms with E-state index in [9.17, 15) is 0 Å². The normalized spacial score (nSPS) is 13.0. The summed E-state index contributed by atoms with van der Waals surface area (Å²) in [6.07, 6.45) is 0. The van der Waals surface area contributed by atoms with Gasteiger partial charge in [-0.2, -0.15) is 0 Å². The molecule has 0 aliphatic heterocycles. The van der Waals surface area contributed by atoms with E-state index in [4.69, 9.17) is 14.4 Å². The molecule has 3 heteroatoms. The van der Waals surface area contributed by atoms with Crippen molar-refractivity contribution in [1.82, 2.24) is 9.97 Å². The Labute approximate surface area is 302 Å². The summed E-state index contributed by atoms with van der Waals surface area (Å²) in [7, 11) is 0. The number of furan rings is 1. The Balaban J connectivity index is 1.24. The maximum atomic E-state index is 6.33. The van der Waals surface area contributed by atoms with Gasteiger partial charge in [-0.15, -0.1) is 0 Å². The fourth-order valence-corrected chi connectivity index (χ4v) is 8.25. The van der Waals surface area contributed by atoms with Gasteiger partial charge in [0.2, 0.25) is 0 Å². The second kappa shape index (κ2) is 11.8. The summed E-state index contributed by atoms with van der Waals surface area (Å²) >= 11 is 0. The molecule has 1 aliphatic carbocycles. The van der Waals surface area contributed by atoms with E-state index >= 15 is 0 Å². The minimum atomic E-state index is -0.188. The van der Waals surface area contributed by atoms with E-state index in [0.29, 0.717) is 5.82 Å². The number of nitrogens with zero attached hydrogens (tertiary/aromatic N) is 2. The minimum Gasteiger partial charge on any atom is -0.456 e. The van der Waals surface area contributed by atoms with Crippen LogP contribution in [-0.2, 0) is 5.41 Å². The first kappa shape index (κ1) is 30.3. The SMILES string of the molecule is CC1(C)c2ccccc2-c2cccc(-c3cc(-c4cc(-c5ccccc5)cc(-c5cccc6oc7ccccc7c56)c4)nc(-c4ccccc4)n3)c21. The molecular formula is C49H34N2O. The highest BCUT2D eigenvalue weighted by molar-refractivity contribution is 6.12. The van der Waals surface area contributed by atoms with E-state index in [2.05, 4.69) is 166 Å². The molecule has 0 saturated heterocycles. The summed E-state index contributed by atoms with van der Waals surface area (Å²) in [5.74, 6) is 0.702. The van der Waals surface area contributed by atoms with Crippen molar-refractivity contribution in [1.29, 1.82) is 0 Å². The van der Waals surface area contributed by atoms with Crippen LogP contribution in [0.15, 0.2) is 174 Å². The molecule has 1 aliphatic rings. The largest absolute Gasteiger partial charge is 0.456 e. The molecule has 0 N–H and O–H groups in total. The summed E-state index contributed by atoms with van der Waals surface area (Å²) in [6.45, 7) is 4.66. The van der Waals surface area contributed by atoms with Crippen molar-refractivity contribution in [3.63, 3.8) is 0 Å². The highest BCUT2D eigenvalue weighted by atomic mass is 16.3. The number of para-hydroxylation sites is 1. The molecule has 52 heavy (non-hydrogen) atoms. The van der Waals surface area contributed by atoms with Crippen LogP contribution < -0.4 is 0 Å². The van der Waals surface area contributed by atoms with Gasteiger partial charge in [0.1, 0.15) is 11.2 Å². The van der Waals surface area contributed by atoms with Crippen LogP contribution in [0.1, 0.15) is 25.0 Å². The predicted molar refractivity (Wildman–Crippen MR) is 214 cm³/mol. The zero-order valence-corrected chi connectivity index (χ0v) is 29.0. The highest BCUT2D eigenvalue weighted by Gasteiger charge is 2.37. The van der Waals surface area contributed by atoms with Crippen LogP contribution in [0.5, 0.6) is 0 Å². The molecule has 2 aromatic heterocycles. The summed E-state index contributed by atoms with van der Waals surface area (Å²) in [5, 5.41) is 2.22. The number of hydrogen-bond acceptors (Lipinski definition) is 3. The van der Waals surface area contributed by atoms with Crippen molar-refractivity contribution in [2.24, 2.45) is 0 Å². The number of hydrogen-bond donors (Lipinski definition) is 0. The molecule has 0 spiro atoms. The quantitative estimate of drug-likeness (QED) is 0.183. The van der Waals surface area contributed by atoms with Crippen molar-refractivity contribution in [2.45, 2.75) is 19.3 Å². The van der Waals surface area contributed by atoms with Crippen LogP contribution in [0.25, 0.3) is 89.2 Å². The van der Waals surface area contributed by atoms with Gasteiger partial charge in [-0.25, -0.2) is 9.97 Å². The van der Waals surface area contributed by atoms with Crippen molar-refractivity contribution in [3.8, 4) is 67.3 Å². The van der Waals surface area contributed by atoms with Crippen LogP contribution in [0.4, 0.5) is 0 Å². The van der Waals surface area contributed by atoms with Crippen molar-refractivity contribution >= 4 is 21.9 Å². The fraction of sp³-hybridized carbons (Fsp3) is 0.0612. The van der Waals surface area contributed by atoms with Crippen LogP contribution in [0.3, 0.4) is 0 Å². The Morgan fingerprint density at radius 1 is 0.423 bits per heavy atom. The summed E-state index contributed by atoms with van der Waals surface area (Å²) in [4.78, 5) is 10.6. The van der Waals surface area contributed by atoms with Crippen LogP contribution >= 0.6 is 0 Å². The van der Waals surface area contributed by atoms with Gasteiger partial charge >= 0.3 is 0 Å². The second-order valence-corrected chi connectivity index (χ2v) is 14.2. The van der Waals surface area contributed by atoms with E-state index in [0.717, 1.165) is 72.3 Å². The van der Waals surface area contributed by atoms with Gasteiger partial charge in [-0.3, -0.25) is 0 Å². The molecule has 7 aromatic carbocycles. The molecule has 0 unspecified atom stereocenters. The molecular weight excluding hydrogens is 633 g/mol. The average molecular weight is 667 g/mol. The standard InChI is InChI=1S/C49H34N2O/c1-49(2)41-24-11-9-19-37(41)38-22-13-23-39(47(38)49)43-30-42(50-48(51-43)32-17-7-4-8-18-32)35-28-33(31-15-5-3-6-16-31)27-34(29-35)36-21-14-26-45-46(36)40-20-10-12-25-44(40)52-45/h3-30H,1-2H3. The molecule has 0 radical (unpaired) electrons. The Kier molecular flexibility index (Phi) is 6.84. The average Bonchev–Trinajstić information content (AvgIpc) is 3.70. The third-order valence-corrected chi connectivity index (χ3v) is 10.7. The van der Waals surface area contributed by atoms with E-state index in [1.54, 1.807) is 0 Å². The molecule has 10 rings (SSSR count).